The smallest absolute Gasteiger partial charge is 0.354 e. The van der Waals surface area contributed by atoms with E-state index in [0.29, 0.717) is 0 Å². The zero-order chi connectivity index (χ0) is 19.5. The lowest BCUT2D eigenvalue weighted by molar-refractivity contribution is -0.135. The summed E-state index contributed by atoms with van der Waals surface area (Å²) < 4.78 is 46.0. The normalized spacial score (nSPS) is 20.2. The molecule has 1 N–H and O–H groups in total. The van der Waals surface area contributed by atoms with E-state index in [-0.39, 0.29) is 28.6 Å². The molecule has 1 aliphatic heterocycles. The predicted octanol–water partition coefficient (Wildman–Crippen LogP) is 2.51. The van der Waals surface area contributed by atoms with E-state index in [1.54, 1.807) is 6.92 Å². The minimum atomic E-state index is -3.85. The number of allylic oxidation sites excluding steroid dienone is 1. The monoisotopic (exact) mass is 424 g/mol. The largest absolute Gasteiger partial charge is 0.461 e. The van der Waals surface area contributed by atoms with Crippen LogP contribution in [0.4, 0.5) is 4.39 Å². The summed E-state index contributed by atoms with van der Waals surface area (Å²) in [5.74, 6) is -1.46. The van der Waals surface area contributed by atoms with Crippen molar-refractivity contribution in [3.63, 3.8) is 0 Å². The van der Waals surface area contributed by atoms with Gasteiger partial charge in [-0.05, 0) is 25.1 Å². The lowest BCUT2D eigenvalue weighted by Crippen LogP contribution is -2.37. The molecule has 11 heteroatoms. The number of carbonyl (C=O) groups is 1. The van der Waals surface area contributed by atoms with Crippen LogP contribution in [0, 0.1) is 5.82 Å². The molecule has 1 heterocycles. The maximum atomic E-state index is 14.2. The molecule has 0 saturated carbocycles. The third-order valence-electron chi connectivity index (χ3n) is 3.21. The molecular weight excluding hydrogens is 410 g/mol. The summed E-state index contributed by atoms with van der Waals surface area (Å²) >= 11 is 11.9. The first-order chi connectivity index (χ1) is 12.1. The first kappa shape index (κ1) is 20.6. The molecule has 0 aromatic heterocycles. The van der Waals surface area contributed by atoms with Crippen LogP contribution in [0.2, 0.25) is 5.02 Å². The number of hydrogen-bond donors (Lipinski definition) is 1. The number of nitrogens with one attached hydrogen (secondary N) is 1. The maximum absolute atomic E-state index is 14.2. The van der Waals surface area contributed by atoms with Gasteiger partial charge in [-0.3, -0.25) is 10.5 Å². The average Bonchev–Trinajstić information content (AvgIpc) is 2.53. The number of aliphatic imine (C=N–C) groups is 1. The van der Waals surface area contributed by atoms with Gasteiger partial charge < -0.3 is 4.74 Å². The molecule has 7 nitrogen and oxygen atoms in total. The van der Waals surface area contributed by atoms with Crippen molar-refractivity contribution >= 4 is 45.0 Å². The molecule has 0 fully saturated rings. The van der Waals surface area contributed by atoms with Crippen LogP contribution in [0.1, 0.15) is 18.5 Å². The second-order valence-corrected chi connectivity index (χ2v) is 7.67. The number of benzene rings is 1. The molecule has 2 unspecified atom stereocenters. The van der Waals surface area contributed by atoms with Gasteiger partial charge in [0.05, 0.1) is 24.6 Å². The number of dihydropyridines is 1. The molecule has 0 spiro atoms. The highest BCUT2D eigenvalue weighted by atomic mass is 35.5. The second kappa shape index (κ2) is 8.34. The van der Waals surface area contributed by atoms with E-state index < -0.39 is 33.3 Å². The quantitative estimate of drug-likeness (QED) is 0.428. The molecule has 0 saturated heterocycles. The molecule has 26 heavy (non-hydrogen) atoms. The van der Waals surface area contributed by atoms with Gasteiger partial charge in [0.1, 0.15) is 16.9 Å². The van der Waals surface area contributed by atoms with Gasteiger partial charge in [0, 0.05) is 10.6 Å². The van der Waals surface area contributed by atoms with Gasteiger partial charge in [0.25, 0.3) is 10.1 Å². The number of rotatable bonds is 6. The fraction of sp³-hybridized carbons (Fsp3) is 0.333. The third-order valence-corrected chi connectivity index (χ3v) is 4.27. The van der Waals surface area contributed by atoms with Crippen molar-refractivity contribution in [2.24, 2.45) is 4.99 Å². The van der Waals surface area contributed by atoms with Crippen LogP contribution in [-0.4, -0.2) is 38.3 Å². The fourth-order valence-electron chi connectivity index (χ4n) is 2.13. The summed E-state index contributed by atoms with van der Waals surface area (Å²) in [7, 11) is -3.85. The van der Waals surface area contributed by atoms with Gasteiger partial charge in [0.15, 0.2) is 0 Å². The SMILES string of the molecule is CCOC(=O)C1=NC(c2ccc(Cl)cc2F)C=C(NOS(C)(=O)=O)C1Cl. The number of hydroxylamine groups is 1. The summed E-state index contributed by atoms with van der Waals surface area (Å²) in [6.07, 6.45) is 2.17. The van der Waals surface area contributed by atoms with Crippen molar-refractivity contribution in [2.75, 3.05) is 12.9 Å². The van der Waals surface area contributed by atoms with Crippen molar-refractivity contribution in [1.82, 2.24) is 5.48 Å². The van der Waals surface area contributed by atoms with Gasteiger partial charge in [-0.25, -0.2) is 9.18 Å². The topological polar surface area (TPSA) is 94.1 Å². The first-order valence-corrected chi connectivity index (χ1v) is 9.95. The standard InChI is InChI=1S/C15H15Cl2FN2O5S/c1-3-24-15(21)14-13(17)12(20-25-26(2,22)23)7-11(19-14)9-5-4-8(16)6-10(9)18/h4-7,11,13,20H,3H2,1-2H3. The Morgan fingerprint density at radius 2 is 2.12 bits per heavy atom. The number of halogens is 3. The van der Waals surface area contributed by atoms with E-state index in [4.69, 9.17) is 27.9 Å². The molecule has 2 atom stereocenters. The second-order valence-electron chi connectivity index (χ2n) is 5.22. The molecule has 0 aliphatic carbocycles. The highest BCUT2D eigenvalue weighted by molar-refractivity contribution is 7.85. The van der Waals surface area contributed by atoms with Gasteiger partial charge in [-0.1, -0.05) is 17.7 Å². The lowest BCUT2D eigenvalue weighted by Gasteiger charge is -2.24. The molecule has 1 aromatic rings. The number of nitrogens with zero attached hydrogens (tertiary/aromatic N) is 1. The summed E-state index contributed by atoms with van der Waals surface area (Å²) in [4.78, 5) is 16.2. The predicted molar refractivity (Wildman–Crippen MR) is 95.0 cm³/mol. The van der Waals surface area contributed by atoms with Crippen molar-refractivity contribution in [1.29, 1.82) is 0 Å². The zero-order valence-corrected chi connectivity index (χ0v) is 16.0. The third kappa shape index (κ3) is 5.16. The highest BCUT2D eigenvalue weighted by Gasteiger charge is 2.33. The van der Waals surface area contributed by atoms with Gasteiger partial charge in [0.2, 0.25) is 0 Å². The van der Waals surface area contributed by atoms with Gasteiger partial charge >= 0.3 is 5.97 Å². The van der Waals surface area contributed by atoms with E-state index in [0.717, 1.165) is 12.3 Å². The van der Waals surface area contributed by atoms with Crippen LogP contribution in [0.25, 0.3) is 0 Å². The molecule has 142 valence electrons. The Labute approximate surface area is 159 Å². The van der Waals surface area contributed by atoms with Crippen molar-refractivity contribution in [3.05, 3.63) is 46.4 Å². The minimum Gasteiger partial charge on any atom is -0.461 e. The van der Waals surface area contributed by atoms with E-state index in [9.17, 15) is 17.6 Å². The Balaban J connectivity index is 2.44. The van der Waals surface area contributed by atoms with Crippen LogP contribution in [-0.2, 0) is 23.9 Å². The van der Waals surface area contributed by atoms with Crippen molar-refractivity contribution in [2.45, 2.75) is 18.3 Å². The van der Waals surface area contributed by atoms with Crippen LogP contribution in [0.5, 0.6) is 0 Å². The minimum absolute atomic E-state index is 0.00879. The Kier molecular flexibility index (Phi) is 6.62. The molecule has 1 aromatic carbocycles. The summed E-state index contributed by atoms with van der Waals surface area (Å²) in [5, 5.41) is -0.975. The van der Waals surface area contributed by atoms with Crippen molar-refractivity contribution < 1.29 is 26.6 Å². The fourth-order valence-corrected chi connectivity index (χ4v) is 2.79. The Morgan fingerprint density at radius 3 is 2.69 bits per heavy atom. The Hall–Kier alpha value is -1.68. The Bertz CT molecular complexity index is 873. The van der Waals surface area contributed by atoms with Crippen LogP contribution in [0.15, 0.2) is 35.0 Å². The number of hydrogen-bond acceptors (Lipinski definition) is 7. The van der Waals surface area contributed by atoms with E-state index in [1.165, 1.54) is 18.2 Å². The lowest BCUT2D eigenvalue weighted by atomic mass is 10.0. The molecule has 0 radical (unpaired) electrons. The number of alkyl halides is 1. The molecule has 1 aliphatic rings. The van der Waals surface area contributed by atoms with Crippen LogP contribution >= 0.6 is 23.2 Å². The van der Waals surface area contributed by atoms with E-state index in [2.05, 4.69) is 14.8 Å². The maximum Gasteiger partial charge on any atom is 0.354 e. The van der Waals surface area contributed by atoms with Gasteiger partial charge in [-0.15, -0.1) is 11.6 Å². The van der Waals surface area contributed by atoms with E-state index >= 15 is 0 Å². The Morgan fingerprint density at radius 1 is 1.42 bits per heavy atom. The number of ether oxygens (including phenoxy) is 1. The van der Waals surface area contributed by atoms with Crippen LogP contribution in [0.3, 0.4) is 0 Å². The number of esters is 1. The number of carbonyl (C=O) groups excluding carboxylic acids is 1. The first-order valence-electron chi connectivity index (χ1n) is 7.32. The molecule has 0 bridgehead atoms. The molecule has 2 rings (SSSR count). The summed E-state index contributed by atoms with van der Waals surface area (Å²) in [5.41, 5.74) is 2.08. The summed E-state index contributed by atoms with van der Waals surface area (Å²) in [6.45, 7) is 1.68. The van der Waals surface area contributed by atoms with Gasteiger partial charge in [-0.2, -0.15) is 12.7 Å². The summed E-state index contributed by atoms with van der Waals surface area (Å²) in [6, 6.07) is 2.99. The highest BCUT2D eigenvalue weighted by Crippen LogP contribution is 2.31. The zero-order valence-electron chi connectivity index (χ0n) is 13.7. The molecular formula is C15H15Cl2FN2O5S. The van der Waals surface area contributed by atoms with Crippen LogP contribution < -0.4 is 5.48 Å². The molecule has 0 amide bonds. The average molecular weight is 425 g/mol. The van der Waals surface area contributed by atoms with Crippen molar-refractivity contribution in [3.8, 4) is 0 Å². The van der Waals surface area contributed by atoms with E-state index in [1.807, 2.05) is 0 Å².